The van der Waals surface area contributed by atoms with Crippen molar-refractivity contribution in [3.8, 4) is 5.75 Å². The summed E-state index contributed by atoms with van der Waals surface area (Å²) in [6.07, 6.45) is -0.439. The van der Waals surface area contributed by atoms with Crippen LogP contribution in [0.1, 0.15) is 31.9 Å². The predicted octanol–water partition coefficient (Wildman–Crippen LogP) is 2.94. The van der Waals surface area contributed by atoms with Gasteiger partial charge in [-0.15, -0.1) is 0 Å². The molecule has 0 saturated heterocycles. The Hall–Kier alpha value is -1.51. The molecule has 0 unspecified atom stereocenters. The number of benzene rings is 1. The number of ether oxygens (including phenoxy) is 1. The number of rotatable bonds is 5. The molecule has 1 aromatic carbocycles. The van der Waals surface area contributed by atoms with Crippen LogP contribution in [0.25, 0.3) is 0 Å². The molecule has 0 aliphatic heterocycles. The average molecular weight is 249 g/mol. The first-order valence-electron chi connectivity index (χ1n) is 6.52. The number of amides is 1. The monoisotopic (exact) mass is 249 g/mol. The molecule has 0 radical (unpaired) electrons. The Morgan fingerprint density at radius 2 is 1.89 bits per heavy atom. The highest BCUT2D eigenvalue weighted by atomic mass is 16.5. The molecule has 0 N–H and O–H groups in total. The summed E-state index contributed by atoms with van der Waals surface area (Å²) in [4.78, 5) is 13.9. The first kappa shape index (κ1) is 14.6. The number of nitrogens with zero attached hydrogens (tertiary/aromatic N) is 1. The summed E-state index contributed by atoms with van der Waals surface area (Å²) in [7, 11) is 0. The number of hydrogen-bond donors (Lipinski definition) is 0. The SMILES string of the molecule is CCN(CC)C(=O)[C@@H](C)Oc1ccc(C)cc1C. The smallest absolute Gasteiger partial charge is 0.263 e. The van der Waals surface area contributed by atoms with Gasteiger partial charge in [-0.25, -0.2) is 0 Å². The Morgan fingerprint density at radius 1 is 1.28 bits per heavy atom. The van der Waals surface area contributed by atoms with Crippen LogP contribution in [0.2, 0.25) is 0 Å². The molecule has 1 rings (SSSR count). The van der Waals surface area contributed by atoms with Crippen molar-refractivity contribution in [3.63, 3.8) is 0 Å². The van der Waals surface area contributed by atoms with Crippen LogP contribution in [0, 0.1) is 13.8 Å². The predicted molar refractivity (Wildman–Crippen MR) is 73.9 cm³/mol. The minimum absolute atomic E-state index is 0.0416. The number of carbonyl (C=O) groups is 1. The van der Waals surface area contributed by atoms with Crippen LogP contribution in [0.3, 0.4) is 0 Å². The quantitative estimate of drug-likeness (QED) is 0.803. The molecule has 100 valence electrons. The van der Waals surface area contributed by atoms with E-state index in [2.05, 4.69) is 6.07 Å². The van der Waals surface area contributed by atoms with Gasteiger partial charge in [0.25, 0.3) is 5.91 Å². The maximum absolute atomic E-state index is 12.1. The first-order valence-corrected chi connectivity index (χ1v) is 6.52. The Bertz CT molecular complexity index is 411. The van der Waals surface area contributed by atoms with Gasteiger partial charge in [-0.3, -0.25) is 4.79 Å². The third-order valence-electron chi connectivity index (χ3n) is 3.06. The molecule has 18 heavy (non-hydrogen) atoms. The molecule has 1 aromatic rings. The molecule has 0 aliphatic rings. The molecule has 0 heterocycles. The van der Waals surface area contributed by atoms with Crippen LogP contribution < -0.4 is 4.74 Å². The molecular weight excluding hydrogens is 226 g/mol. The zero-order valence-corrected chi connectivity index (χ0v) is 12.0. The molecule has 0 spiro atoms. The zero-order valence-electron chi connectivity index (χ0n) is 12.0. The minimum Gasteiger partial charge on any atom is -0.481 e. The van der Waals surface area contributed by atoms with E-state index >= 15 is 0 Å². The van der Waals surface area contributed by atoms with Gasteiger partial charge in [0.05, 0.1) is 0 Å². The standard InChI is InChI=1S/C15H23NO2/c1-6-16(7-2)15(17)13(5)18-14-9-8-11(3)10-12(14)4/h8-10,13H,6-7H2,1-5H3/t13-/m1/s1. The Kier molecular flexibility index (Phi) is 5.20. The van der Waals surface area contributed by atoms with Crippen molar-refractivity contribution < 1.29 is 9.53 Å². The summed E-state index contributed by atoms with van der Waals surface area (Å²) in [5.41, 5.74) is 2.26. The maximum atomic E-state index is 12.1. The second kappa shape index (κ2) is 6.43. The number of likely N-dealkylation sites (N-methyl/N-ethyl adjacent to an activating group) is 1. The van der Waals surface area contributed by atoms with Crippen molar-refractivity contribution in [3.05, 3.63) is 29.3 Å². The first-order chi connectivity index (χ1) is 8.49. The molecule has 0 saturated carbocycles. The van der Waals surface area contributed by atoms with Gasteiger partial charge in [0, 0.05) is 13.1 Å². The van der Waals surface area contributed by atoms with E-state index < -0.39 is 6.10 Å². The third-order valence-corrected chi connectivity index (χ3v) is 3.06. The van der Waals surface area contributed by atoms with E-state index in [1.165, 1.54) is 5.56 Å². The highest BCUT2D eigenvalue weighted by molar-refractivity contribution is 5.80. The summed E-state index contributed by atoms with van der Waals surface area (Å²) < 4.78 is 5.76. The van der Waals surface area contributed by atoms with Gasteiger partial charge in [-0.1, -0.05) is 17.7 Å². The minimum atomic E-state index is -0.439. The van der Waals surface area contributed by atoms with Crippen LogP contribution in [0.5, 0.6) is 5.75 Å². The number of carbonyl (C=O) groups excluding carboxylic acids is 1. The van der Waals surface area contributed by atoms with E-state index in [1.807, 2.05) is 39.8 Å². The largest absolute Gasteiger partial charge is 0.481 e. The molecule has 0 aromatic heterocycles. The lowest BCUT2D eigenvalue weighted by Crippen LogP contribution is -2.40. The van der Waals surface area contributed by atoms with Crippen molar-refractivity contribution in [2.45, 2.75) is 40.7 Å². The van der Waals surface area contributed by atoms with Crippen molar-refractivity contribution in [1.29, 1.82) is 0 Å². The van der Waals surface area contributed by atoms with E-state index in [9.17, 15) is 4.79 Å². The lowest BCUT2D eigenvalue weighted by Gasteiger charge is -2.24. The van der Waals surface area contributed by atoms with Crippen molar-refractivity contribution >= 4 is 5.91 Å². The molecule has 0 bridgehead atoms. The summed E-state index contributed by atoms with van der Waals surface area (Å²) in [6.45, 7) is 11.2. The lowest BCUT2D eigenvalue weighted by molar-refractivity contribution is -0.137. The Morgan fingerprint density at radius 3 is 2.39 bits per heavy atom. The second-order valence-corrected chi connectivity index (χ2v) is 4.54. The van der Waals surface area contributed by atoms with Gasteiger partial charge in [-0.05, 0) is 46.2 Å². The highest BCUT2D eigenvalue weighted by Gasteiger charge is 2.20. The summed E-state index contributed by atoms with van der Waals surface area (Å²) in [5.74, 6) is 0.827. The van der Waals surface area contributed by atoms with Crippen LogP contribution in [0.4, 0.5) is 0 Å². The van der Waals surface area contributed by atoms with E-state index in [1.54, 1.807) is 11.8 Å². The fourth-order valence-corrected chi connectivity index (χ4v) is 1.96. The second-order valence-electron chi connectivity index (χ2n) is 4.54. The third kappa shape index (κ3) is 3.49. The molecule has 1 amide bonds. The lowest BCUT2D eigenvalue weighted by atomic mass is 10.1. The topological polar surface area (TPSA) is 29.5 Å². The van der Waals surface area contributed by atoms with E-state index in [0.717, 1.165) is 24.4 Å². The van der Waals surface area contributed by atoms with Gasteiger partial charge >= 0.3 is 0 Å². The molecule has 3 heteroatoms. The zero-order chi connectivity index (χ0) is 13.7. The summed E-state index contributed by atoms with van der Waals surface area (Å²) >= 11 is 0. The normalized spacial score (nSPS) is 12.1. The van der Waals surface area contributed by atoms with Crippen molar-refractivity contribution in [1.82, 2.24) is 4.90 Å². The van der Waals surface area contributed by atoms with Gasteiger partial charge in [0.15, 0.2) is 6.10 Å². The molecule has 3 nitrogen and oxygen atoms in total. The number of hydrogen-bond acceptors (Lipinski definition) is 2. The molecule has 1 atom stereocenters. The fraction of sp³-hybridized carbons (Fsp3) is 0.533. The Labute approximate surface area is 110 Å². The highest BCUT2D eigenvalue weighted by Crippen LogP contribution is 2.20. The number of aryl methyl sites for hydroxylation is 2. The van der Waals surface area contributed by atoms with Crippen LogP contribution in [-0.4, -0.2) is 30.0 Å². The summed E-state index contributed by atoms with van der Waals surface area (Å²) in [6, 6.07) is 5.98. The average Bonchev–Trinajstić information content (AvgIpc) is 2.34. The Balaban J connectivity index is 2.75. The maximum Gasteiger partial charge on any atom is 0.263 e. The fourth-order valence-electron chi connectivity index (χ4n) is 1.96. The van der Waals surface area contributed by atoms with Gasteiger partial charge in [0.2, 0.25) is 0 Å². The van der Waals surface area contributed by atoms with Crippen LogP contribution in [0.15, 0.2) is 18.2 Å². The molecule has 0 fully saturated rings. The molecule has 0 aliphatic carbocycles. The van der Waals surface area contributed by atoms with Crippen molar-refractivity contribution in [2.75, 3.05) is 13.1 Å². The van der Waals surface area contributed by atoms with Crippen LogP contribution in [-0.2, 0) is 4.79 Å². The van der Waals surface area contributed by atoms with Crippen LogP contribution >= 0.6 is 0 Å². The van der Waals surface area contributed by atoms with Gasteiger partial charge in [-0.2, -0.15) is 0 Å². The van der Waals surface area contributed by atoms with Gasteiger partial charge < -0.3 is 9.64 Å². The molecular formula is C15H23NO2. The van der Waals surface area contributed by atoms with E-state index in [0.29, 0.717) is 0 Å². The van der Waals surface area contributed by atoms with Crippen molar-refractivity contribution in [2.24, 2.45) is 0 Å². The summed E-state index contributed by atoms with van der Waals surface area (Å²) in [5, 5.41) is 0. The van der Waals surface area contributed by atoms with Gasteiger partial charge in [0.1, 0.15) is 5.75 Å². The van der Waals surface area contributed by atoms with E-state index in [-0.39, 0.29) is 5.91 Å². The van der Waals surface area contributed by atoms with E-state index in [4.69, 9.17) is 4.74 Å².